The number of carbonyl (C=O) groups excluding carboxylic acids is 1. The zero-order valence-electron chi connectivity index (χ0n) is 13.5. The molecule has 0 aliphatic carbocycles. The molecule has 3 heterocycles. The van der Waals surface area contributed by atoms with E-state index < -0.39 is 0 Å². The Morgan fingerprint density at radius 3 is 2.29 bits per heavy atom. The van der Waals surface area contributed by atoms with Crippen molar-refractivity contribution in [3.8, 4) is 0 Å². The molecule has 24 heavy (non-hydrogen) atoms. The van der Waals surface area contributed by atoms with Gasteiger partial charge in [0.2, 0.25) is 0 Å². The molecule has 6 rings (SSSR count). The first kappa shape index (κ1) is 13.8. The van der Waals surface area contributed by atoms with Crippen LogP contribution in [0, 0.1) is 5.92 Å². The number of piperidine rings is 3. The number of fused-ring (bicyclic) bond motifs is 6. The van der Waals surface area contributed by atoms with Crippen LogP contribution in [0.2, 0.25) is 0 Å². The van der Waals surface area contributed by atoms with Crippen molar-refractivity contribution in [2.45, 2.75) is 12.8 Å². The van der Waals surface area contributed by atoms with Crippen molar-refractivity contribution in [1.29, 1.82) is 0 Å². The third-order valence-electron chi connectivity index (χ3n) is 5.55. The number of Topliss-reactive ketones (excluding diaryl/α,β-unsaturated/α-hetero) is 1. The van der Waals surface area contributed by atoms with Crippen molar-refractivity contribution in [2.24, 2.45) is 5.92 Å². The van der Waals surface area contributed by atoms with Gasteiger partial charge in [-0.3, -0.25) is 4.79 Å². The predicted molar refractivity (Wildman–Crippen MR) is 98.7 cm³/mol. The lowest BCUT2D eigenvalue weighted by Gasteiger charge is -2.41. The molecular weight excluding hydrogens is 294 g/mol. The minimum absolute atomic E-state index is 0.243. The number of carbonyl (C=O) groups is 1. The second-order valence-corrected chi connectivity index (χ2v) is 6.89. The summed E-state index contributed by atoms with van der Waals surface area (Å²) < 4.78 is 0. The number of benzene rings is 3. The van der Waals surface area contributed by atoms with Gasteiger partial charge in [0.25, 0.3) is 0 Å². The van der Waals surface area contributed by atoms with Crippen LogP contribution in [0.15, 0.2) is 60.3 Å². The van der Waals surface area contributed by atoms with Crippen molar-refractivity contribution < 1.29 is 4.79 Å². The third-order valence-corrected chi connectivity index (χ3v) is 5.55. The first-order valence-electron chi connectivity index (χ1n) is 8.72. The third kappa shape index (κ3) is 1.99. The maximum atomic E-state index is 12.7. The Morgan fingerprint density at radius 1 is 0.875 bits per heavy atom. The monoisotopic (exact) mass is 313 g/mol. The Bertz CT molecular complexity index is 993. The van der Waals surface area contributed by atoms with E-state index in [0.717, 1.165) is 37.2 Å². The van der Waals surface area contributed by atoms with E-state index in [4.69, 9.17) is 0 Å². The number of ketones is 1. The fraction of sp³-hybridized carbons (Fsp3) is 0.227. The lowest BCUT2D eigenvalue weighted by Crippen LogP contribution is -2.45. The van der Waals surface area contributed by atoms with Crippen molar-refractivity contribution in [3.05, 3.63) is 65.9 Å². The first-order valence-corrected chi connectivity index (χ1v) is 8.72. The number of allylic oxidation sites excluding steroid dienone is 1. The predicted octanol–water partition coefficient (Wildman–Crippen LogP) is 4.63. The van der Waals surface area contributed by atoms with E-state index in [0.29, 0.717) is 5.78 Å². The highest BCUT2D eigenvalue weighted by atomic mass is 16.1. The zero-order chi connectivity index (χ0) is 16.1. The van der Waals surface area contributed by atoms with Gasteiger partial charge in [-0.05, 0) is 52.1 Å². The topological polar surface area (TPSA) is 20.3 Å². The van der Waals surface area contributed by atoms with E-state index in [1.165, 1.54) is 21.5 Å². The van der Waals surface area contributed by atoms with E-state index in [1.807, 2.05) is 0 Å². The van der Waals surface area contributed by atoms with Gasteiger partial charge in [-0.1, -0.05) is 48.5 Å². The molecule has 0 radical (unpaired) electrons. The summed E-state index contributed by atoms with van der Waals surface area (Å²) in [5, 5.41) is 4.98. The summed E-state index contributed by atoms with van der Waals surface area (Å²) in [6, 6.07) is 19.2. The Balaban J connectivity index is 1.77. The van der Waals surface area contributed by atoms with E-state index in [1.54, 1.807) is 0 Å². The maximum absolute atomic E-state index is 12.7. The number of rotatable bonds is 1. The summed E-state index contributed by atoms with van der Waals surface area (Å²) in [7, 11) is 0. The van der Waals surface area contributed by atoms with Gasteiger partial charge in [-0.2, -0.15) is 0 Å². The second-order valence-electron chi connectivity index (χ2n) is 6.89. The Hall–Kier alpha value is -2.61. The van der Waals surface area contributed by atoms with Crippen LogP contribution in [-0.4, -0.2) is 23.8 Å². The minimum atomic E-state index is 0.243. The molecule has 3 aromatic rings. The largest absolute Gasteiger partial charge is 0.369 e. The van der Waals surface area contributed by atoms with Gasteiger partial charge in [0.1, 0.15) is 0 Å². The molecule has 3 aliphatic heterocycles. The van der Waals surface area contributed by atoms with Gasteiger partial charge in [-0.25, -0.2) is 0 Å². The van der Waals surface area contributed by atoms with Gasteiger partial charge >= 0.3 is 0 Å². The van der Waals surface area contributed by atoms with Gasteiger partial charge in [0.15, 0.2) is 5.78 Å². The van der Waals surface area contributed by atoms with E-state index in [2.05, 4.69) is 65.6 Å². The Kier molecular flexibility index (Phi) is 2.99. The van der Waals surface area contributed by atoms with E-state index in [9.17, 15) is 4.79 Å². The molecule has 0 unspecified atom stereocenters. The Morgan fingerprint density at radius 2 is 1.54 bits per heavy atom. The standard InChI is InChI=1S/C22H19NO/c24-22-15-9-11-23(12-10-15)21(22)14-17-13-16-5-1-2-6-18(16)20-8-4-3-7-19(17)20/h1-8,13-15H,9-12H2/b21-14-. The molecule has 0 spiro atoms. The lowest BCUT2D eigenvalue weighted by molar-refractivity contribution is -0.125. The van der Waals surface area contributed by atoms with Crippen LogP contribution >= 0.6 is 0 Å². The normalized spacial score (nSPS) is 19.8. The quantitative estimate of drug-likeness (QED) is 0.482. The van der Waals surface area contributed by atoms with Gasteiger partial charge in [-0.15, -0.1) is 0 Å². The molecule has 0 N–H and O–H groups in total. The molecule has 0 atom stereocenters. The Labute approximate surface area is 141 Å². The van der Waals surface area contributed by atoms with Crippen LogP contribution in [0.1, 0.15) is 18.4 Å². The highest BCUT2D eigenvalue weighted by Crippen LogP contribution is 2.35. The fourth-order valence-electron chi connectivity index (χ4n) is 4.26. The molecule has 3 aliphatic rings. The molecule has 3 fully saturated rings. The second kappa shape index (κ2) is 5.20. The van der Waals surface area contributed by atoms with Crippen LogP contribution in [0.25, 0.3) is 27.6 Å². The van der Waals surface area contributed by atoms with Gasteiger partial charge in [0, 0.05) is 19.0 Å². The highest BCUT2D eigenvalue weighted by molar-refractivity contribution is 6.12. The molecule has 118 valence electrons. The summed E-state index contributed by atoms with van der Waals surface area (Å²) in [6.45, 7) is 2.04. The summed E-state index contributed by atoms with van der Waals surface area (Å²) in [5.41, 5.74) is 2.07. The van der Waals surface area contributed by atoms with Crippen molar-refractivity contribution in [3.63, 3.8) is 0 Å². The highest BCUT2D eigenvalue weighted by Gasteiger charge is 2.36. The lowest BCUT2D eigenvalue weighted by atomic mass is 9.84. The molecule has 0 saturated carbocycles. The van der Waals surface area contributed by atoms with Gasteiger partial charge in [0.05, 0.1) is 5.70 Å². The molecule has 2 bridgehead atoms. The van der Waals surface area contributed by atoms with Crippen LogP contribution in [0.5, 0.6) is 0 Å². The van der Waals surface area contributed by atoms with Crippen LogP contribution in [0.4, 0.5) is 0 Å². The van der Waals surface area contributed by atoms with Crippen LogP contribution < -0.4 is 0 Å². The van der Waals surface area contributed by atoms with E-state index >= 15 is 0 Å². The van der Waals surface area contributed by atoms with Crippen molar-refractivity contribution in [2.75, 3.05) is 13.1 Å². The summed E-state index contributed by atoms with van der Waals surface area (Å²) >= 11 is 0. The molecule has 3 aromatic carbocycles. The zero-order valence-corrected chi connectivity index (χ0v) is 13.5. The average molecular weight is 313 g/mol. The fourth-order valence-corrected chi connectivity index (χ4v) is 4.26. The maximum Gasteiger partial charge on any atom is 0.182 e. The van der Waals surface area contributed by atoms with Crippen molar-refractivity contribution >= 4 is 33.4 Å². The van der Waals surface area contributed by atoms with E-state index in [-0.39, 0.29) is 5.92 Å². The van der Waals surface area contributed by atoms with Crippen LogP contribution in [-0.2, 0) is 4.79 Å². The van der Waals surface area contributed by atoms with Crippen LogP contribution in [0.3, 0.4) is 0 Å². The summed E-state index contributed by atoms with van der Waals surface area (Å²) in [5.74, 6) is 0.581. The summed E-state index contributed by atoms with van der Waals surface area (Å²) in [4.78, 5) is 15.0. The summed E-state index contributed by atoms with van der Waals surface area (Å²) in [6.07, 6.45) is 4.17. The smallest absolute Gasteiger partial charge is 0.182 e. The molecule has 0 aromatic heterocycles. The van der Waals surface area contributed by atoms with Crippen molar-refractivity contribution in [1.82, 2.24) is 4.90 Å². The number of hydrogen-bond acceptors (Lipinski definition) is 2. The first-order chi connectivity index (χ1) is 11.8. The molecule has 2 nitrogen and oxygen atoms in total. The number of hydrogen-bond donors (Lipinski definition) is 0. The molecular formula is C22H19NO. The SMILES string of the molecule is O=C1/C(=C/c2cc3ccccc3c3ccccc23)N2CCC1CC2. The van der Waals surface area contributed by atoms with Gasteiger partial charge < -0.3 is 4.90 Å². The average Bonchev–Trinajstić information content (AvgIpc) is 2.65. The molecule has 3 saturated heterocycles. The number of nitrogens with zero attached hydrogens (tertiary/aromatic N) is 1. The molecule has 0 amide bonds. The minimum Gasteiger partial charge on any atom is -0.369 e. The molecule has 2 heteroatoms.